The van der Waals surface area contributed by atoms with Crippen molar-refractivity contribution in [1.29, 1.82) is 0 Å². The third kappa shape index (κ3) is 5.76. The molecule has 5 rings (SSSR count). The van der Waals surface area contributed by atoms with Crippen molar-refractivity contribution < 1.29 is 36.3 Å². The zero-order valence-corrected chi connectivity index (χ0v) is 21.6. The van der Waals surface area contributed by atoms with E-state index in [0.717, 1.165) is 42.1 Å². The van der Waals surface area contributed by atoms with Crippen LogP contribution in [0.4, 0.5) is 27.6 Å². The van der Waals surface area contributed by atoms with Gasteiger partial charge in [-0.1, -0.05) is 18.9 Å². The highest BCUT2D eigenvalue weighted by Crippen LogP contribution is 2.40. The van der Waals surface area contributed by atoms with Crippen molar-refractivity contribution in [3.05, 3.63) is 29.3 Å². The van der Waals surface area contributed by atoms with Crippen molar-refractivity contribution in [3.8, 4) is 0 Å². The van der Waals surface area contributed by atoms with Crippen LogP contribution < -0.4 is 10.2 Å². The van der Waals surface area contributed by atoms with Crippen molar-refractivity contribution in [2.45, 2.75) is 94.9 Å². The van der Waals surface area contributed by atoms with Crippen LogP contribution in [0, 0.1) is 5.92 Å². The third-order valence-corrected chi connectivity index (χ3v) is 8.37. The average Bonchev–Trinajstić information content (AvgIpc) is 3.66. The number of rotatable bonds is 9. The second-order valence-electron chi connectivity index (χ2n) is 11.1. The molecule has 1 aromatic rings. The molecule has 0 aromatic heterocycles. The summed E-state index contributed by atoms with van der Waals surface area (Å²) in [4.78, 5) is 40.6. The zero-order chi connectivity index (χ0) is 27.9. The molecular weight excluding hydrogens is 523 g/mol. The molecule has 1 aromatic carbocycles. The number of benzene rings is 1. The SMILES string of the molecule is O=C1c2cccc(N(CCC3CC3)C3CCC(NCC(F)(F)C(F)(F)F)CC3)c2CN1N1C(=O)CCCC1=O. The maximum absolute atomic E-state index is 13.4. The van der Waals surface area contributed by atoms with Crippen molar-refractivity contribution >= 4 is 23.4 Å². The first kappa shape index (κ1) is 27.8. The lowest BCUT2D eigenvalue weighted by molar-refractivity contribution is -0.279. The second kappa shape index (κ2) is 10.7. The van der Waals surface area contributed by atoms with Crippen LogP contribution in [0.2, 0.25) is 0 Å². The number of carbonyl (C=O) groups is 3. The fourth-order valence-electron chi connectivity index (χ4n) is 5.94. The number of hydrogen-bond acceptors (Lipinski definition) is 5. The van der Waals surface area contributed by atoms with Crippen LogP contribution in [0.15, 0.2) is 18.2 Å². The van der Waals surface area contributed by atoms with Crippen LogP contribution in [0.25, 0.3) is 0 Å². The van der Waals surface area contributed by atoms with Gasteiger partial charge in [-0.25, -0.2) is 5.01 Å². The van der Waals surface area contributed by atoms with Crippen LogP contribution in [0.1, 0.15) is 80.1 Å². The minimum Gasteiger partial charge on any atom is -0.368 e. The van der Waals surface area contributed by atoms with Crippen molar-refractivity contribution in [1.82, 2.24) is 15.3 Å². The Labute approximate surface area is 223 Å². The lowest BCUT2D eigenvalue weighted by Gasteiger charge is -2.40. The number of fused-ring (bicyclic) bond motifs is 1. The van der Waals surface area contributed by atoms with Gasteiger partial charge in [0, 0.05) is 48.3 Å². The molecule has 2 saturated carbocycles. The van der Waals surface area contributed by atoms with E-state index in [-0.39, 0.29) is 37.2 Å². The summed E-state index contributed by atoms with van der Waals surface area (Å²) < 4.78 is 64.5. The molecule has 1 N–H and O–H groups in total. The lowest BCUT2D eigenvalue weighted by atomic mass is 9.89. The fraction of sp³-hybridized carbons (Fsp3) is 0.667. The first-order valence-electron chi connectivity index (χ1n) is 13.7. The molecule has 4 aliphatic rings. The Morgan fingerprint density at radius 1 is 0.923 bits per heavy atom. The molecule has 0 bridgehead atoms. The maximum Gasteiger partial charge on any atom is 0.454 e. The largest absolute Gasteiger partial charge is 0.454 e. The molecule has 7 nitrogen and oxygen atoms in total. The highest BCUT2D eigenvalue weighted by atomic mass is 19.4. The van der Waals surface area contributed by atoms with Crippen molar-refractivity contribution in [3.63, 3.8) is 0 Å². The molecule has 1 saturated heterocycles. The van der Waals surface area contributed by atoms with Crippen LogP contribution in [-0.2, 0) is 16.1 Å². The fourth-order valence-corrected chi connectivity index (χ4v) is 5.94. The molecule has 0 atom stereocenters. The van der Waals surface area contributed by atoms with Crippen LogP contribution in [0.3, 0.4) is 0 Å². The number of piperidine rings is 1. The molecule has 2 aliphatic carbocycles. The first-order valence-corrected chi connectivity index (χ1v) is 13.7. The predicted molar refractivity (Wildman–Crippen MR) is 132 cm³/mol. The molecule has 0 spiro atoms. The first-order chi connectivity index (χ1) is 18.5. The van der Waals surface area contributed by atoms with Gasteiger partial charge >= 0.3 is 12.1 Å². The monoisotopic (exact) mass is 556 g/mol. The van der Waals surface area contributed by atoms with Crippen LogP contribution in [-0.4, -0.2) is 65.0 Å². The normalized spacial score (nSPS) is 24.4. The van der Waals surface area contributed by atoms with Gasteiger partial charge in [0.2, 0.25) is 11.8 Å². The van der Waals surface area contributed by atoms with E-state index in [9.17, 15) is 36.3 Å². The number of alkyl halides is 5. The number of hydrogen-bond donors (Lipinski definition) is 1. The van der Waals surface area contributed by atoms with Gasteiger partial charge in [-0.05, 0) is 56.6 Å². The Kier molecular flexibility index (Phi) is 7.60. The molecule has 12 heteroatoms. The highest BCUT2D eigenvalue weighted by molar-refractivity contribution is 6.05. The number of halogens is 5. The summed E-state index contributed by atoms with van der Waals surface area (Å²) in [7, 11) is 0. The zero-order valence-electron chi connectivity index (χ0n) is 21.6. The van der Waals surface area contributed by atoms with E-state index in [2.05, 4.69) is 10.2 Å². The van der Waals surface area contributed by atoms with Gasteiger partial charge in [0.25, 0.3) is 5.91 Å². The van der Waals surface area contributed by atoms with Crippen molar-refractivity contribution in [2.75, 3.05) is 18.0 Å². The number of amides is 3. The molecule has 3 fully saturated rings. The molecule has 3 amide bonds. The summed E-state index contributed by atoms with van der Waals surface area (Å²) in [6.45, 7) is -0.605. The molecule has 0 radical (unpaired) electrons. The number of anilines is 1. The molecule has 0 unspecified atom stereocenters. The Hall–Kier alpha value is -2.76. The van der Waals surface area contributed by atoms with E-state index in [1.807, 2.05) is 6.07 Å². The summed E-state index contributed by atoms with van der Waals surface area (Å²) in [5.74, 6) is -5.31. The van der Waals surface area contributed by atoms with E-state index < -0.39 is 30.6 Å². The number of nitrogens with zero attached hydrogens (tertiary/aromatic N) is 3. The topological polar surface area (TPSA) is 73.0 Å². The molecule has 2 heterocycles. The Morgan fingerprint density at radius 2 is 1.59 bits per heavy atom. The number of nitrogens with one attached hydrogen (secondary N) is 1. The predicted octanol–water partition coefficient (Wildman–Crippen LogP) is 4.80. The van der Waals surface area contributed by atoms with Gasteiger partial charge in [0.1, 0.15) is 0 Å². The Balaban J connectivity index is 1.31. The van der Waals surface area contributed by atoms with Gasteiger partial charge in [0.05, 0.1) is 13.1 Å². The second-order valence-corrected chi connectivity index (χ2v) is 11.1. The Morgan fingerprint density at radius 3 is 2.21 bits per heavy atom. The summed E-state index contributed by atoms with van der Waals surface area (Å²) in [6.07, 6.45) is 0.692. The smallest absolute Gasteiger partial charge is 0.368 e. The maximum atomic E-state index is 13.4. The quantitative estimate of drug-likeness (QED) is 0.350. The van der Waals surface area contributed by atoms with Gasteiger partial charge in [-0.15, -0.1) is 0 Å². The highest BCUT2D eigenvalue weighted by Gasteiger charge is 2.57. The molecular formula is C27H33F5N4O3. The van der Waals surface area contributed by atoms with Crippen molar-refractivity contribution in [2.24, 2.45) is 5.92 Å². The minimum absolute atomic E-state index is 0.0267. The minimum atomic E-state index is -5.58. The van der Waals surface area contributed by atoms with Gasteiger partial charge in [-0.3, -0.25) is 14.4 Å². The van der Waals surface area contributed by atoms with Gasteiger partial charge in [0.15, 0.2) is 0 Å². The van der Waals surface area contributed by atoms with Crippen LogP contribution >= 0.6 is 0 Å². The third-order valence-electron chi connectivity index (χ3n) is 8.37. The number of imide groups is 1. The lowest BCUT2D eigenvalue weighted by Crippen LogP contribution is -2.52. The Bertz CT molecular complexity index is 1100. The van der Waals surface area contributed by atoms with E-state index in [4.69, 9.17) is 0 Å². The van der Waals surface area contributed by atoms with E-state index in [1.54, 1.807) is 12.1 Å². The summed E-state index contributed by atoms with van der Waals surface area (Å²) in [6, 6.07) is 5.00. The van der Waals surface area contributed by atoms with E-state index >= 15 is 0 Å². The molecule has 39 heavy (non-hydrogen) atoms. The van der Waals surface area contributed by atoms with Gasteiger partial charge < -0.3 is 10.2 Å². The van der Waals surface area contributed by atoms with E-state index in [0.29, 0.717) is 43.6 Å². The number of hydrazine groups is 1. The summed E-state index contributed by atoms with van der Waals surface area (Å²) >= 11 is 0. The van der Waals surface area contributed by atoms with Gasteiger partial charge in [-0.2, -0.15) is 27.0 Å². The molecule has 214 valence electrons. The standard InChI is InChI=1S/C27H33F5N4O3/c28-26(29,27(30,31)32)16-33-18-9-11-19(12-10-18)34(14-13-17-7-8-17)22-4-1-3-20-21(22)15-35(25(20)39)36-23(37)5-2-6-24(36)38/h1,3-4,17-19,33H,2,5-16H2. The molecule has 2 aliphatic heterocycles. The summed E-state index contributed by atoms with van der Waals surface area (Å²) in [5.41, 5.74) is 2.04. The van der Waals surface area contributed by atoms with E-state index in [1.165, 1.54) is 5.01 Å². The number of carbonyl (C=O) groups excluding carboxylic acids is 3. The summed E-state index contributed by atoms with van der Waals surface area (Å²) in [5, 5.41) is 4.64. The van der Waals surface area contributed by atoms with Crippen LogP contribution in [0.5, 0.6) is 0 Å². The average molecular weight is 557 g/mol.